The fourth-order valence-electron chi connectivity index (χ4n) is 3.74. The summed E-state index contributed by atoms with van der Waals surface area (Å²) in [6.45, 7) is 5.78. The molecule has 30 heavy (non-hydrogen) atoms. The van der Waals surface area contributed by atoms with Crippen LogP contribution in [-0.4, -0.2) is 48.6 Å². The van der Waals surface area contributed by atoms with Gasteiger partial charge in [0.2, 0.25) is 0 Å². The fourth-order valence-corrected chi connectivity index (χ4v) is 3.91. The van der Waals surface area contributed by atoms with Crippen molar-refractivity contribution in [1.29, 1.82) is 0 Å². The molecule has 0 aliphatic carbocycles. The van der Waals surface area contributed by atoms with Crippen LogP contribution < -0.4 is 9.64 Å². The van der Waals surface area contributed by atoms with Gasteiger partial charge in [-0.1, -0.05) is 24.9 Å². The highest BCUT2D eigenvalue weighted by Gasteiger charge is 2.23. The third-order valence-electron chi connectivity index (χ3n) is 5.46. The molecule has 0 spiro atoms. The summed E-state index contributed by atoms with van der Waals surface area (Å²) in [5.41, 5.74) is 2.73. The summed E-state index contributed by atoms with van der Waals surface area (Å²) in [6, 6.07) is 15.3. The number of carbonyl (C=O) groups is 1. The molecule has 1 aromatic heterocycles. The number of hydrogen-bond acceptors (Lipinski definition) is 4. The van der Waals surface area contributed by atoms with Gasteiger partial charge < -0.3 is 14.5 Å². The minimum absolute atomic E-state index is 0.0705. The molecule has 0 bridgehead atoms. The van der Waals surface area contributed by atoms with E-state index in [2.05, 4.69) is 16.8 Å². The number of rotatable bonds is 6. The summed E-state index contributed by atoms with van der Waals surface area (Å²) in [5.74, 6) is 0.885. The fraction of sp³-hybridized carbons (Fsp3) is 0.333. The molecule has 2 heterocycles. The highest BCUT2D eigenvalue weighted by molar-refractivity contribution is 6.31. The van der Waals surface area contributed by atoms with Gasteiger partial charge in [-0.3, -0.25) is 9.78 Å². The Kier molecular flexibility index (Phi) is 6.38. The zero-order valence-electron chi connectivity index (χ0n) is 17.2. The molecule has 1 amide bonds. The lowest BCUT2D eigenvalue weighted by molar-refractivity contribution is 0.0747. The molecule has 0 radical (unpaired) electrons. The summed E-state index contributed by atoms with van der Waals surface area (Å²) >= 11 is 6.10. The topological polar surface area (TPSA) is 45.7 Å². The third-order valence-corrected chi connectivity index (χ3v) is 5.69. The van der Waals surface area contributed by atoms with E-state index >= 15 is 0 Å². The number of nitrogens with zero attached hydrogens (tertiary/aromatic N) is 3. The number of piperazine rings is 1. The van der Waals surface area contributed by atoms with Crippen LogP contribution in [0.5, 0.6) is 5.75 Å². The Morgan fingerprint density at radius 1 is 1.07 bits per heavy atom. The average Bonchev–Trinajstić information content (AvgIpc) is 2.79. The van der Waals surface area contributed by atoms with Gasteiger partial charge in [0.25, 0.3) is 5.91 Å². The number of halogens is 1. The van der Waals surface area contributed by atoms with Crippen LogP contribution in [0.1, 0.15) is 30.1 Å². The number of hydrogen-bond donors (Lipinski definition) is 0. The molecule has 3 aromatic rings. The highest BCUT2D eigenvalue weighted by atomic mass is 35.5. The number of fused-ring (bicyclic) bond motifs is 1. The zero-order chi connectivity index (χ0) is 20.9. The van der Waals surface area contributed by atoms with Crippen molar-refractivity contribution in [3.63, 3.8) is 0 Å². The second kappa shape index (κ2) is 9.35. The van der Waals surface area contributed by atoms with E-state index in [1.165, 1.54) is 0 Å². The molecule has 6 heteroatoms. The number of carbonyl (C=O) groups excluding carboxylic acids is 1. The van der Waals surface area contributed by atoms with Gasteiger partial charge >= 0.3 is 0 Å². The highest BCUT2D eigenvalue weighted by Crippen LogP contribution is 2.28. The number of benzene rings is 2. The van der Waals surface area contributed by atoms with E-state index < -0.39 is 0 Å². The van der Waals surface area contributed by atoms with E-state index in [1.54, 1.807) is 0 Å². The Labute approximate surface area is 182 Å². The van der Waals surface area contributed by atoms with Gasteiger partial charge in [-0.25, -0.2) is 0 Å². The van der Waals surface area contributed by atoms with Crippen molar-refractivity contribution < 1.29 is 9.53 Å². The normalized spacial score (nSPS) is 14.2. The molecule has 5 nitrogen and oxygen atoms in total. The summed E-state index contributed by atoms with van der Waals surface area (Å²) in [6.07, 6.45) is 3.95. The van der Waals surface area contributed by atoms with Gasteiger partial charge in [-0.05, 0) is 55.0 Å². The molecule has 156 valence electrons. The van der Waals surface area contributed by atoms with Crippen LogP contribution in [0.4, 0.5) is 5.69 Å². The maximum atomic E-state index is 12.9. The minimum Gasteiger partial charge on any atom is -0.494 e. The van der Waals surface area contributed by atoms with Gasteiger partial charge in [0, 0.05) is 54.0 Å². The van der Waals surface area contributed by atoms with E-state index in [-0.39, 0.29) is 5.91 Å². The summed E-state index contributed by atoms with van der Waals surface area (Å²) < 4.78 is 5.69. The molecular weight excluding hydrogens is 398 g/mol. The Balaban J connectivity index is 1.39. The Morgan fingerprint density at radius 2 is 1.83 bits per heavy atom. The molecule has 1 aliphatic rings. The van der Waals surface area contributed by atoms with Crippen molar-refractivity contribution in [2.45, 2.75) is 19.8 Å². The first-order valence-electron chi connectivity index (χ1n) is 10.5. The van der Waals surface area contributed by atoms with Crippen molar-refractivity contribution in [3.05, 3.63) is 65.3 Å². The van der Waals surface area contributed by atoms with Crippen LogP contribution >= 0.6 is 11.6 Å². The molecular formula is C24H26ClN3O2. The minimum atomic E-state index is 0.0705. The molecule has 4 rings (SSSR count). The quantitative estimate of drug-likeness (QED) is 0.521. The largest absolute Gasteiger partial charge is 0.494 e. The van der Waals surface area contributed by atoms with Crippen LogP contribution in [0.15, 0.2) is 54.7 Å². The van der Waals surface area contributed by atoms with E-state index in [1.807, 2.05) is 59.6 Å². The van der Waals surface area contributed by atoms with Crippen LogP contribution in [0.2, 0.25) is 5.02 Å². The van der Waals surface area contributed by atoms with Crippen molar-refractivity contribution >= 4 is 34.1 Å². The number of aromatic nitrogens is 1. The number of amides is 1. The van der Waals surface area contributed by atoms with Crippen molar-refractivity contribution in [1.82, 2.24) is 9.88 Å². The first-order valence-corrected chi connectivity index (χ1v) is 10.8. The number of anilines is 1. The SMILES string of the molecule is CCCCOc1ccc(C(=O)N2CCN(c3ccnc4cc(Cl)ccc34)CC2)cc1. The monoisotopic (exact) mass is 423 g/mol. The van der Waals surface area contributed by atoms with Crippen LogP contribution in [-0.2, 0) is 0 Å². The van der Waals surface area contributed by atoms with Gasteiger partial charge in [-0.2, -0.15) is 0 Å². The molecule has 1 aliphatic heterocycles. The smallest absolute Gasteiger partial charge is 0.253 e. The first-order chi connectivity index (χ1) is 14.7. The van der Waals surface area contributed by atoms with Gasteiger partial charge in [0.15, 0.2) is 0 Å². The standard InChI is InChI=1S/C24H26ClN3O2/c1-2-3-16-30-20-7-4-18(5-8-20)24(29)28-14-12-27(13-15-28)23-10-11-26-22-17-19(25)6-9-21(22)23/h4-11,17H,2-3,12-16H2,1H3. The lowest BCUT2D eigenvalue weighted by Gasteiger charge is -2.36. The molecule has 0 N–H and O–H groups in total. The number of unbranched alkanes of at least 4 members (excludes halogenated alkanes) is 1. The Morgan fingerprint density at radius 3 is 2.57 bits per heavy atom. The average molecular weight is 424 g/mol. The lowest BCUT2D eigenvalue weighted by atomic mass is 10.1. The second-order valence-electron chi connectivity index (χ2n) is 7.50. The lowest BCUT2D eigenvalue weighted by Crippen LogP contribution is -2.48. The van der Waals surface area contributed by atoms with Gasteiger partial charge in [-0.15, -0.1) is 0 Å². The number of ether oxygens (including phenoxy) is 1. The molecule has 1 fully saturated rings. The van der Waals surface area contributed by atoms with Gasteiger partial charge in [0.05, 0.1) is 12.1 Å². The van der Waals surface area contributed by atoms with E-state index in [4.69, 9.17) is 16.3 Å². The predicted octanol–water partition coefficient (Wildman–Crippen LogP) is 5.03. The van der Waals surface area contributed by atoms with Gasteiger partial charge in [0.1, 0.15) is 5.75 Å². The van der Waals surface area contributed by atoms with Crippen LogP contribution in [0.25, 0.3) is 10.9 Å². The van der Waals surface area contributed by atoms with E-state index in [0.29, 0.717) is 30.3 Å². The zero-order valence-corrected chi connectivity index (χ0v) is 17.9. The Hall–Kier alpha value is -2.79. The molecule has 0 unspecified atom stereocenters. The van der Waals surface area contributed by atoms with E-state index in [0.717, 1.165) is 48.3 Å². The summed E-state index contributed by atoms with van der Waals surface area (Å²) in [7, 11) is 0. The van der Waals surface area contributed by atoms with Crippen molar-refractivity contribution in [3.8, 4) is 5.75 Å². The van der Waals surface area contributed by atoms with E-state index in [9.17, 15) is 4.79 Å². The second-order valence-corrected chi connectivity index (χ2v) is 7.93. The van der Waals surface area contributed by atoms with Crippen molar-refractivity contribution in [2.75, 3.05) is 37.7 Å². The van der Waals surface area contributed by atoms with Crippen molar-refractivity contribution in [2.24, 2.45) is 0 Å². The molecule has 0 saturated carbocycles. The maximum absolute atomic E-state index is 12.9. The molecule has 0 atom stereocenters. The van der Waals surface area contributed by atoms with Crippen LogP contribution in [0, 0.1) is 0 Å². The maximum Gasteiger partial charge on any atom is 0.253 e. The summed E-state index contributed by atoms with van der Waals surface area (Å²) in [5, 5.41) is 1.77. The first kappa shape index (κ1) is 20.5. The summed E-state index contributed by atoms with van der Waals surface area (Å²) in [4.78, 5) is 21.6. The predicted molar refractivity (Wildman–Crippen MR) is 122 cm³/mol. The van der Waals surface area contributed by atoms with Crippen LogP contribution in [0.3, 0.4) is 0 Å². The molecule has 1 saturated heterocycles. The number of pyridine rings is 1. The molecule has 2 aromatic carbocycles. The Bertz CT molecular complexity index is 1010. The third kappa shape index (κ3) is 4.51.